The molecule has 1 amide bonds. The number of hydrogen-bond acceptors (Lipinski definition) is 3. The Morgan fingerprint density at radius 3 is 2.68 bits per heavy atom. The molecule has 0 saturated carbocycles. The highest BCUT2D eigenvalue weighted by Crippen LogP contribution is 2.26. The molecule has 1 aliphatic heterocycles. The van der Waals surface area contributed by atoms with Gasteiger partial charge in [-0.05, 0) is 49.7 Å². The molecule has 4 nitrogen and oxygen atoms in total. The summed E-state index contributed by atoms with van der Waals surface area (Å²) in [6, 6.07) is 8.62. The molecule has 1 heterocycles. The van der Waals surface area contributed by atoms with Gasteiger partial charge in [-0.1, -0.05) is 62.8 Å². The van der Waals surface area contributed by atoms with Crippen LogP contribution in [-0.4, -0.2) is 36.2 Å². The maximum Gasteiger partial charge on any atom is 0.252 e. The summed E-state index contributed by atoms with van der Waals surface area (Å²) in [5.74, 6) is 0.471. The molecule has 28 heavy (non-hydrogen) atoms. The molecule has 1 aromatic carbocycles. The number of piperidine rings is 1. The van der Waals surface area contributed by atoms with Crippen molar-refractivity contribution in [2.24, 2.45) is 5.92 Å². The number of amides is 1. The Morgan fingerprint density at radius 2 is 2.07 bits per heavy atom. The van der Waals surface area contributed by atoms with Crippen molar-refractivity contribution in [1.82, 2.24) is 10.6 Å². The first kappa shape index (κ1) is 22.4. The van der Waals surface area contributed by atoms with Crippen LogP contribution in [0.1, 0.15) is 64.5 Å². The predicted molar refractivity (Wildman–Crippen MR) is 118 cm³/mol. The van der Waals surface area contributed by atoms with E-state index >= 15 is 0 Å². The van der Waals surface area contributed by atoms with E-state index in [0.29, 0.717) is 12.0 Å². The van der Waals surface area contributed by atoms with Gasteiger partial charge in [0.25, 0.3) is 5.91 Å². The van der Waals surface area contributed by atoms with E-state index in [4.69, 9.17) is 5.11 Å². The van der Waals surface area contributed by atoms with Crippen LogP contribution in [0.4, 0.5) is 0 Å². The Labute approximate surface area is 170 Å². The molecule has 0 aliphatic carbocycles. The van der Waals surface area contributed by atoms with Crippen molar-refractivity contribution in [3.63, 3.8) is 0 Å². The number of nitrogens with one attached hydrogen (secondary N) is 2. The maximum atomic E-state index is 13.2. The van der Waals surface area contributed by atoms with E-state index in [-0.39, 0.29) is 18.6 Å². The van der Waals surface area contributed by atoms with Crippen LogP contribution in [0.25, 0.3) is 11.6 Å². The third-order valence-corrected chi connectivity index (χ3v) is 5.40. The van der Waals surface area contributed by atoms with E-state index in [1.54, 1.807) is 0 Å². The van der Waals surface area contributed by atoms with Crippen LogP contribution in [0.5, 0.6) is 0 Å². The molecule has 154 valence electrons. The molecule has 0 aromatic heterocycles. The lowest BCUT2D eigenvalue weighted by Gasteiger charge is -2.30. The summed E-state index contributed by atoms with van der Waals surface area (Å²) >= 11 is 0. The number of rotatable bonds is 8. The largest absolute Gasteiger partial charge is 0.396 e. The zero-order valence-corrected chi connectivity index (χ0v) is 17.8. The van der Waals surface area contributed by atoms with Crippen molar-refractivity contribution >= 4 is 17.6 Å². The first-order valence-electron chi connectivity index (χ1n) is 10.6. The lowest BCUT2D eigenvalue weighted by Crippen LogP contribution is -2.50. The summed E-state index contributed by atoms with van der Waals surface area (Å²) in [6.45, 7) is 9.41. The van der Waals surface area contributed by atoms with Crippen molar-refractivity contribution in [3.8, 4) is 0 Å². The van der Waals surface area contributed by atoms with E-state index in [0.717, 1.165) is 54.5 Å². The molecule has 4 heteroatoms. The molecule has 1 fully saturated rings. The van der Waals surface area contributed by atoms with E-state index in [1.807, 2.05) is 25.1 Å². The monoisotopic (exact) mass is 384 g/mol. The van der Waals surface area contributed by atoms with Crippen molar-refractivity contribution in [2.75, 3.05) is 13.2 Å². The lowest BCUT2D eigenvalue weighted by molar-refractivity contribution is -0.116. The summed E-state index contributed by atoms with van der Waals surface area (Å²) in [5, 5.41) is 15.8. The quantitative estimate of drug-likeness (QED) is 0.590. The second kappa shape index (κ2) is 11.2. The van der Waals surface area contributed by atoms with Crippen molar-refractivity contribution in [1.29, 1.82) is 0 Å². The van der Waals surface area contributed by atoms with E-state index in [1.165, 1.54) is 0 Å². The Morgan fingerprint density at radius 1 is 1.32 bits per heavy atom. The summed E-state index contributed by atoms with van der Waals surface area (Å²) < 4.78 is 0. The van der Waals surface area contributed by atoms with Gasteiger partial charge in [-0.2, -0.15) is 0 Å². The number of aliphatic hydroxyl groups excluding tert-OH is 1. The van der Waals surface area contributed by atoms with E-state index < -0.39 is 0 Å². The molecule has 0 radical (unpaired) electrons. The van der Waals surface area contributed by atoms with Gasteiger partial charge in [-0.15, -0.1) is 0 Å². The number of aliphatic hydroxyl groups is 1. The molecule has 1 aromatic rings. The molecule has 2 unspecified atom stereocenters. The minimum absolute atomic E-state index is 0.0113. The third-order valence-electron chi connectivity index (χ3n) is 5.40. The van der Waals surface area contributed by atoms with Gasteiger partial charge >= 0.3 is 0 Å². The summed E-state index contributed by atoms with van der Waals surface area (Å²) in [7, 11) is 0. The van der Waals surface area contributed by atoms with Crippen LogP contribution in [0, 0.1) is 5.92 Å². The smallest absolute Gasteiger partial charge is 0.252 e. The van der Waals surface area contributed by atoms with Gasteiger partial charge in [-0.25, -0.2) is 0 Å². The number of allylic oxidation sites excluding steroid dienone is 2. The average Bonchev–Trinajstić information content (AvgIpc) is 2.69. The highest BCUT2D eigenvalue weighted by Gasteiger charge is 2.24. The topological polar surface area (TPSA) is 61.4 Å². The van der Waals surface area contributed by atoms with Crippen LogP contribution in [0.15, 0.2) is 35.9 Å². The maximum absolute atomic E-state index is 13.2. The molecule has 3 N–H and O–H groups in total. The Balaban J connectivity index is 2.21. The van der Waals surface area contributed by atoms with Crippen molar-refractivity contribution in [2.45, 2.75) is 65.5 Å². The molecule has 2 rings (SSSR count). The second-order valence-corrected chi connectivity index (χ2v) is 8.06. The van der Waals surface area contributed by atoms with Gasteiger partial charge in [0, 0.05) is 30.8 Å². The fourth-order valence-corrected chi connectivity index (χ4v) is 3.59. The number of benzene rings is 1. The number of carbonyl (C=O) groups is 1. The highest BCUT2D eigenvalue weighted by atomic mass is 16.3. The standard InChI is InChI=1S/C24H36N2O2/c1-5-18(4)23(22-9-7-6-8-19(22)11-10-17(2)3)24(28)26-21-13-12-20(14-15-27)25-16-21/h6-11,17,20-21,25,27H,5,12-16H2,1-4H3,(H,26,28)/b11-10-,23-18-. The first-order valence-corrected chi connectivity index (χ1v) is 10.6. The summed E-state index contributed by atoms with van der Waals surface area (Å²) in [4.78, 5) is 13.2. The minimum Gasteiger partial charge on any atom is -0.396 e. The highest BCUT2D eigenvalue weighted by molar-refractivity contribution is 6.21. The fraction of sp³-hybridized carbons (Fsp3) is 0.542. The zero-order chi connectivity index (χ0) is 20.5. The summed E-state index contributed by atoms with van der Waals surface area (Å²) in [5.41, 5.74) is 3.98. The summed E-state index contributed by atoms with van der Waals surface area (Å²) in [6.07, 6.45) is 7.82. The van der Waals surface area contributed by atoms with Gasteiger partial charge in [0.2, 0.25) is 0 Å². The lowest BCUT2D eigenvalue weighted by atomic mass is 9.92. The zero-order valence-electron chi connectivity index (χ0n) is 17.8. The van der Waals surface area contributed by atoms with Gasteiger partial charge in [0.05, 0.1) is 0 Å². The fourth-order valence-electron chi connectivity index (χ4n) is 3.59. The van der Waals surface area contributed by atoms with E-state index in [9.17, 15) is 4.79 Å². The minimum atomic E-state index is 0.0113. The molecule has 1 saturated heterocycles. The molecular weight excluding hydrogens is 348 g/mol. The molecule has 0 spiro atoms. The first-order chi connectivity index (χ1) is 13.5. The predicted octanol–water partition coefficient (Wildman–Crippen LogP) is 4.16. The van der Waals surface area contributed by atoms with Gasteiger partial charge in [0.15, 0.2) is 0 Å². The molecule has 2 atom stereocenters. The SMILES string of the molecule is CC/C(C)=C(\C(=O)NC1CCC(CCO)NC1)c1ccccc1/C=C\C(C)C. The Kier molecular flexibility index (Phi) is 8.94. The van der Waals surface area contributed by atoms with Crippen LogP contribution in [0.2, 0.25) is 0 Å². The van der Waals surface area contributed by atoms with Crippen LogP contribution < -0.4 is 10.6 Å². The van der Waals surface area contributed by atoms with Gasteiger partial charge in [-0.3, -0.25) is 4.79 Å². The van der Waals surface area contributed by atoms with Crippen molar-refractivity contribution < 1.29 is 9.90 Å². The Hall–Kier alpha value is -1.91. The van der Waals surface area contributed by atoms with Crippen LogP contribution >= 0.6 is 0 Å². The number of carbonyl (C=O) groups excluding carboxylic acids is 1. The van der Waals surface area contributed by atoms with Crippen LogP contribution in [-0.2, 0) is 4.79 Å². The van der Waals surface area contributed by atoms with E-state index in [2.05, 4.69) is 49.6 Å². The van der Waals surface area contributed by atoms with Crippen molar-refractivity contribution in [3.05, 3.63) is 47.0 Å². The molecule has 0 bridgehead atoms. The second-order valence-electron chi connectivity index (χ2n) is 8.06. The van der Waals surface area contributed by atoms with Crippen LogP contribution in [0.3, 0.4) is 0 Å². The average molecular weight is 385 g/mol. The third kappa shape index (κ3) is 6.32. The number of hydrogen-bond donors (Lipinski definition) is 3. The normalized spacial score (nSPS) is 21.1. The van der Waals surface area contributed by atoms with Gasteiger partial charge < -0.3 is 15.7 Å². The molecule has 1 aliphatic rings. The van der Waals surface area contributed by atoms with Gasteiger partial charge in [0.1, 0.15) is 0 Å². The molecular formula is C24H36N2O2. The Bertz CT molecular complexity index is 698.